The van der Waals surface area contributed by atoms with Gasteiger partial charge in [0.05, 0.1) is 11.6 Å². The van der Waals surface area contributed by atoms with Crippen LogP contribution >= 0.6 is 0 Å². The minimum atomic E-state index is -0.564. The minimum absolute atomic E-state index is 0.180. The summed E-state index contributed by atoms with van der Waals surface area (Å²) in [5.41, 5.74) is 1.34. The van der Waals surface area contributed by atoms with Gasteiger partial charge in [0, 0.05) is 12.1 Å². The van der Waals surface area contributed by atoms with Gasteiger partial charge >= 0.3 is 5.97 Å². The van der Waals surface area contributed by atoms with E-state index in [4.69, 9.17) is 10.00 Å². The van der Waals surface area contributed by atoms with Crippen molar-refractivity contribution in [2.24, 2.45) is 5.92 Å². The Morgan fingerprint density at radius 2 is 2.00 bits per heavy atom. The number of amides is 1. The highest BCUT2D eigenvalue weighted by atomic mass is 16.5. The van der Waals surface area contributed by atoms with Crippen LogP contribution < -0.4 is 5.32 Å². The molecule has 0 saturated heterocycles. The number of nitrogens with one attached hydrogen (secondary N) is 1. The lowest BCUT2D eigenvalue weighted by Gasteiger charge is -2.29. The third-order valence-corrected chi connectivity index (χ3v) is 4.26. The summed E-state index contributed by atoms with van der Waals surface area (Å²) >= 11 is 0. The maximum atomic E-state index is 11.9. The second-order valence-corrected chi connectivity index (χ2v) is 6.11. The fraction of sp³-hybridized carbons (Fsp3) is 0.421. The quantitative estimate of drug-likeness (QED) is 0.666. The fourth-order valence-electron chi connectivity index (χ4n) is 2.80. The van der Waals surface area contributed by atoms with Crippen LogP contribution in [0.15, 0.2) is 30.3 Å². The second kappa shape index (κ2) is 8.88. The molecule has 1 N–H and O–H groups in total. The number of esters is 1. The van der Waals surface area contributed by atoms with Gasteiger partial charge in [-0.25, -0.2) is 4.79 Å². The lowest BCUT2D eigenvalue weighted by Crippen LogP contribution is -2.42. The molecule has 24 heavy (non-hydrogen) atoms. The first-order valence-electron chi connectivity index (χ1n) is 8.23. The van der Waals surface area contributed by atoms with Crippen LogP contribution in [0.2, 0.25) is 0 Å². The molecule has 126 valence electrons. The van der Waals surface area contributed by atoms with Crippen LogP contribution in [0.3, 0.4) is 0 Å². The molecule has 1 aromatic carbocycles. The van der Waals surface area contributed by atoms with Gasteiger partial charge in [-0.15, -0.1) is 0 Å². The van der Waals surface area contributed by atoms with E-state index in [0.29, 0.717) is 11.5 Å². The zero-order chi connectivity index (χ0) is 17.4. The van der Waals surface area contributed by atoms with E-state index < -0.39 is 5.97 Å². The fourth-order valence-corrected chi connectivity index (χ4v) is 2.80. The van der Waals surface area contributed by atoms with E-state index in [0.717, 1.165) is 24.8 Å². The van der Waals surface area contributed by atoms with Crippen LogP contribution in [0.5, 0.6) is 0 Å². The number of nitriles is 1. The average molecular weight is 326 g/mol. The highest BCUT2D eigenvalue weighted by Gasteiger charge is 2.22. The molecule has 0 heterocycles. The van der Waals surface area contributed by atoms with E-state index in [9.17, 15) is 9.59 Å². The van der Waals surface area contributed by atoms with E-state index >= 15 is 0 Å². The number of carbonyl (C=O) groups excluding carboxylic acids is 2. The summed E-state index contributed by atoms with van der Waals surface area (Å²) < 4.78 is 4.96. The molecule has 1 amide bonds. The highest BCUT2D eigenvalue weighted by Crippen LogP contribution is 2.23. The molecule has 1 aliphatic rings. The molecule has 2 rings (SSSR count). The summed E-state index contributed by atoms with van der Waals surface area (Å²) in [4.78, 5) is 23.5. The Bertz CT molecular complexity index is 644. The first-order chi connectivity index (χ1) is 11.6. The molecule has 5 heteroatoms. The molecule has 0 spiro atoms. The van der Waals surface area contributed by atoms with Crippen molar-refractivity contribution in [2.75, 3.05) is 6.61 Å². The number of hydrogen-bond acceptors (Lipinski definition) is 4. The Kier molecular flexibility index (Phi) is 6.56. The van der Waals surface area contributed by atoms with Crippen LogP contribution in [0.4, 0.5) is 0 Å². The molecule has 0 bridgehead atoms. The first kappa shape index (κ1) is 17.7. The van der Waals surface area contributed by atoms with Gasteiger partial charge < -0.3 is 10.1 Å². The largest absolute Gasteiger partial charge is 0.452 e. The second-order valence-electron chi connectivity index (χ2n) is 6.11. The maximum Gasteiger partial charge on any atom is 0.331 e. The molecule has 1 fully saturated rings. The van der Waals surface area contributed by atoms with Gasteiger partial charge in [-0.2, -0.15) is 5.26 Å². The third-order valence-electron chi connectivity index (χ3n) is 4.26. The van der Waals surface area contributed by atoms with Gasteiger partial charge in [-0.05, 0) is 42.5 Å². The third kappa shape index (κ3) is 5.54. The molecule has 1 aromatic rings. The number of rotatable bonds is 5. The van der Waals surface area contributed by atoms with Crippen LogP contribution in [-0.2, 0) is 14.3 Å². The van der Waals surface area contributed by atoms with Crippen LogP contribution in [-0.4, -0.2) is 24.5 Å². The van der Waals surface area contributed by atoms with Crippen molar-refractivity contribution >= 4 is 18.0 Å². The van der Waals surface area contributed by atoms with E-state index in [1.54, 1.807) is 30.3 Å². The Morgan fingerprint density at radius 3 is 2.67 bits per heavy atom. The summed E-state index contributed by atoms with van der Waals surface area (Å²) in [5.74, 6) is -0.352. The Morgan fingerprint density at radius 1 is 1.29 bits per heavy atom. The van der Waals surface area contributed by atoms with Gasteiger partial charge in [-0.3, -0.25) is 4.79 Å². The van der Waals surface area contributed by atoms with Gasteiger partial charge in [-0.1, -0.05) is 31.9 Å². The summed E-state index contributed by atoms with van der Waals surface area (Å²) in [7, 11) is 0. The molecule has 0 unspecified atom stereocenters. The lowest BCUT2D eigenvalue weighted by molar-refractivity contribution is -0.144. The molecule has 0 aliphatic heterocycles. The topological polar surface area (TPSA) is 79.2 Å². The molecule has 2 atom stereocenters. The average Bonchev–Trinajstić information content (AvgIpc) is 2.60. The van der Waals surface area contributed by atoms with Gasteiger partial charge in [0.2, 0.25) is 0 Å². The predicted molar refractivity (Wildman–Crippen MR) is 90.7 cm³/mol. The molecule has 1 saturated carbocycles. The standard InChI is InChI=1S/C19H22N2O3/c1-14-4-2-3-5-17(14)21-18(22)13-24-19(23)11-10-15-6-8-16(12-20)9-7-15/h6-11,14,17H,2-5,13H2,1H3,(H,21,22)/b11-10+/t14-,17+/m1/s1. The molecule has 0 radical (unpaired) electrons. The van der Waals surface area contributed by atoms with E-state index in [2.05, 4.69) is 12.2 Å². The number of ether oxygens (including phenoxy) is 1. The monoisotopic (exact) mass is 326 g/mol. The van der Waals surface area contributed by atoms with Crippen LogP contribution in [0, 0.1) is 17.2 Å². The highest BCUT2D eigenvalue weighted by molar-refractivity contribution is 5.89. The zero-order valence-corrected chi connectivity index (χ0v) is 13.8. The van der Waals surface area contributed by atoms with Gasteiger partial charge in [0.15, 0.2) is 6.61 Å². The van der Waals surface area contributed by atoms with E-state index in [1.165, 1.54) is 12.5 Å². The van der Waals surface area contributed by atoms with Gasteiger partial charge in [0.25, 0.3) is 5.91 Å². The van der Waals surface area contributed by atoms with Crippen LogP contribution in [0.25, 0.3) is 6.08 Å². The lowest BCUT2D eigenvalue weighted by atomic mass is 9.86. The zero-order valence-electron chi connectivity index (χ0n) is 13.8. The summed E-state index contributed by atoms with van der Waals surface area (Å²) in [6.07, 6.45) is 7.31. The van der Waals surface area contributed by atoms with Crippen molar-refractivity contribution in [3.63, 3.8) is 0 Å². The SMILES string of the molecule is C[C@@H]1CCCC[C@@H]1NC(=O)COC(=O)/C=C/c1ccc(C#N)cc1. The van der Waals surface area contributed by atoms with Crippen molar-refractivity contribution in [1.29, 1.82) is 5.26 Å². The van der Waals surface area contributed by atoms with Gasteiger partial charge in [0.1, 0.15) is 0 Å². The number of benzene rings is 1. The summed E-state index contributed by atoms with van der Waals surface area (Å²) in [5, 5.41) is 11.7. The smallest absolute Gasteiger partial charge is 0.331 e. The van der Waals surface area contributed by atoms with E-state index in [1.807, 2.05) is 6.07 Å². The van der Waals surface area contributed by atoms with Crippen molar-refractivity contribution in [1.82, 2.24) is 5.32 Å². The Labute approximate surface area is 142 Å². The van der Waals surface area contributed by atoms with Crippen molar-refractivity contribution in [3.05, 3.63) is 41.5 Å². The maximum absolute atomic E-state index is 11.9. The van der Waals surface area contributed by atoms with Crippen molar-refractivity contribution < 1.29 is 14.3 Å². The van der Waals surface area contributed by atoms with E-state index in [-0.39, 0.29) is 18.6 Å². The number of carbonyl (C=O) groups is 2. The predicted octanol–water partition coefficient (Wildman–Crippen LogP) is 2.81. The minimum Gasteiger partial charge on any atom is -0.452 e. The summed E-state index contributed by atoms with van der Waals surface area (Å²) in [6, 6.07) is 9.02. The molecule has 1 aliphatic carbocycles. The Balaban J connectivity index is 1.74. The number of hydrogen-bond donors (Lipinski definition) is 1. The molecular weight excluding hydrogens is 304 g/mol. The van der Waals surface area contributed by atoms with Crippen LogP contribution in [0.1, 0.15) is 43.7 Å². The Hall–Kier alpha value is -2.61. The molecule has 5 nitrogen and oxygen atoms in total. The van der Waals surface area contributed by atoms with Crippen molar-refractivity contribution in [3.8, 4) is 6.07 Å². The number of nitrogens with zero attached hydrogens (tertiary/aromatic N) is 1. The first-order valence-corrected chi connectivity index (χ1v) is 8.23. The summed E-state index contributed by atoms with van der Waals surface area (Å²) in [6.45, 7) is 1.87. The molecule has 0 aromatic heterocycles. The molecular formula is C19H22N2O3. The normalized spacial score (nSPS) is 20.3. The van der Waals surface area contributed by atoms with Crippen molar-refractivity contribution in [2.45, 2.75) is 38.6 Å².